The monoisotopic (exact) mass is 547 g/mol. The minimum atomic E-state index is -0.219. The van der Waals surface area contributed by atoms with Crippen molar-refractivity contribution in [1.82, 2.24) is 20.0 Å². The molecule has 0 saturated carbocycles. The average molecular weight is 548 g/mol. The number of hydrogen-bond acceptors (Lipinski definition) is 4. The molecule has 1 N–H and O–H groups in total. The van der Waals surface area contributed by atoms with Gasteiger partial charge in [0.1, 0.15) is 11.9 Å². The number of morpholine rings is 1. The van der Waals surface area contributed by atoms with Crippen LogP contribution in [-0.4, -0.2) is 92.7 Å². The van der Waals surface area contributed by atoms with Crippen LogP contribution in [0.1, 0.15) is 32.4 Å². The molecule has 3 rings (SSSR count). The zero-order valence-corrected chi connectivity index (χ0v) is 21.7. The Kier molecular flexibility index (Phi) is 10.9. The van der Waals surface area contributed by atoms with Crippen molar-refractivity contribution in [3.05, 3.63) is 35.6 Å². The maximum absolute atomic E-state index is 13.3. The van der Waals surface area contributed by atoms with Crippen LogP contribution in [0.3, 0.4) is 0 Å². The van der Waals surface area contributed by atoms with E-state index >= 15 is 0 Å². The zero-order chi connectivity index (χ0) is 21.5. The van der Waals surface area contributed by atoms with Gasteiger partial charge < -0.3 is 24.8 Å². The molecule has 6 nitrogen and oxygen atoms in total. The first-order valence-electron chi connectivity index (χ1n) is 11.3. The van der Waals surface area contributed by atoms with Gasteiger partial charge in [0.15, 0.2) is 5.96 Å². The quantitative estimate of drug-likeness (QED) is 0.337. The largest absolute Gasteiger partial charge is 0.367 e. The standard InChI is InChI=1S/C23H38FN5O.HI/c1-5-25-23(26-14-18(2)15-28-12-10-27(4)11-13-28)29-16-19(3)30-22(17-29)20-6-8-21(24)9-7-20;/h6-9,18-19,22H,5,10-17H2,1-4H3,(H,25,26);1H. The summed E-state index contributed by atoms with van der Waals surface area (Å²) in [4.78, 5) is 12.2. The third kappa shape index (κ3) is 8.14. The van der Waals surface area contributed by atoms with Crippen LogP contribution in [0.4, 0.5) is 4.39 Å². The van der Waals surface area contributed by atoms with E-state index in [1.54, 1.807) is 0 Å². The first-order valence-corrected chi connectivity index (χ1v) is 11.3. The summed E-state index contributed by atoms with van der Waals surface area (Å²) in [6, 6.07) is 6.64. The van der Waals surface area contributed by atoms with E-state index in [-0.39, 0.29) is 42.0 Å². The minimum Gasteiger partial charge on any atom is -0.367 e. The van der Waals surface area contributed by atoms with Gasteiger partial charge in [-0.3, -0.25) is 4.99 Å². The molecule has 0 radical (unpaired) electrons. The number of rotatable bonds is 6. The van der Waals surface area contributed by atoms with Crippen LogP contribution in [0.5, 0.6) is 0 Å². The second kappa shape index (κ2) is 12.9. The predicted molar refractivity (Wildman–Crippen MR) is 136 cm³/mol. The maximum Gasteiger partial charge on any atom is 0.194 e. The Morgan fingerprint density at radius 2 is 1.87 bits per heavy atom. The maximum atomic E-state index is 13.3. The lowest BCUT2D eigenvalue weighted by atomic mass is 10.1. The third-order valence-electron chi connectivity index (χ3n) is 5.85. The highest BCUT2D eigenvalue weighted by Crippen LogP contribution is 2.25. The summed E-state index contributed by atoms with van der Waals surface area (Å²) >= 11 is 0. The molecule has 1 aromatic carbocycles. The Labute approximate surface area is 204 Å². The fourth-order valence-electron chi connectivity index (χ4n) is 4.18. The van der Waals surface area contributed by atoms with Crippen LogP contribution < -0.4 is 5.32 Å². The van der Waals surface area contributed by atoms with Gasteiger partial charge in [-0.1, -0.05) is 19.1 Å². The second-order valence-electron chi connectivity index (χ2n) is 8.80. The van der Waals surface area contributed by atoms with E-state index in [4.69, 9.17) is 9.73 Å². The number of piperazine rings is 1. The Morgan fingerprint density at radius 3 is 2.52 bits per heavy atom. The molecular weight excluding hydrogens is 508 g/mol. The number of nitrogens with zero attached hydrogens (tertiary/aromatic N) is 4. The van der Waals surface area contributed by atoms with Gasteiger partial charge in [0, 0.05) is 52.4 Å². The molecule has 0 bridgehead atoms. The van der Waals surface area contributed by atoms with Crippen molar-refractivity contribution < 1.29 is 9.13 Å². The van der Waals surface area contributed by atoms with Crippen LogP contribution in [0.25, 0.3) is 0 Å². The molecule has 3 atom stereocenters. The van der Waals surface area contributed by atoms with Crippen LogP contribution in [-0.2, 0) is 4.74 Å². The van der Waals surface area contributed by atoms with Crippen LogP contribution in [0.15, 0.2) is 29.3 Å². The van der Waals surface area contributed by atoms with Gasteiger partial charge in [-0.2, -0.15) is 0 Å². The SMILES string of the molecule is CCNC(=NCC(C)CN1CCN(C)CC1)N1CC(C)OC(c2ccc(F)cc2)C1.I. The van der Waals surface area contributed by atoms with Crippen molar-refractivity contribution in [3.8, 4) is 0 Å². The van der Waals surface area contributed by atoms with E-state index in [1.807, 2.05) is 12.1 Å². The Hall–Kier alpha value is -0.970. The fourth-order valence-corrected chi connectivity index (χ4v) is 4.18. The highest BCUT2D eigenvalue weighted by molar-refractivity contribution is 14.0. The molecule has 2 heterocycles. The van der Waals surface area contributed by atoms with Gasteiger partial charge in [-0.25, -0.2) is 4.39 Å². The van der Waals surface area contributed by atoms with E-state index in [0.29, 0.717) is 12.5 Å². The average Bonchev–Trinajstić information content (AvgIpc) is 2.73. The zero-order valence-electron chi connectivity index (χ0n) is 19.4. The summed E-state index contributed by atoms with van der Waals surface area (Å²) in [5.74, 6) is 1.24. The smallest absolute Gasteiger partial charge is 0.194 e. The van der Waals surface area contributed by atoms with Crippen LogP contribution >= 0.6 is 24.0 Å². The number of nitrogens with one attached hydrogen (secondary N) is 1. The van der Waals surface area contributed by atoms with Crippen molar-refractivity contribution >= 4 is 29.9 Å². The first-order chi connectivity index (χ1) is 14.4. The van der Waals surface area contributed by atoms with Crippen molar-refractivity contribution in [2.75, 3.05) is 66.0 Å². The highest BCUT2D eigenvalue weighted by atomic mass is 127. The summed E-state index contributed by atoms with van der Waals surface area (Å²) < 4.78 is 19.5. The summed E-state index contributed by atoms with van der Waals surface area (Å²) in [6.45, 7) is 15.3. The second-order valence-corrected chi connectivity index (χ2v) is 8.80. The molecule has 0 aromatic heterocycles. The number of likely N-dealkylation sites (N-methyl/N-ethyl adjacent to an activating group) is 1. The van der Waals surface area contributed by atoms with E-state index < -0.39 is 0 Å². The van der Waals surface area contributed by atoms with Gasteiger partial charge in [0.05, 0.1) is 12.6 Å². The minimum absolute atomic E-state index is 0. The van der Waals surface area contributed by atoms with Crippen molar-refractivity contribution in [1.29, 1.82) is 0 Å². The fraction of sp³-hybridized carbons (Fsp3) is 0.696. The van der Waals surface area contributed by atoms with Crippen molar-refractivity contribution in [2.24, 2.45) is 10.9 Å². The lowest BCUT2D eigenvalue weighted by Gasteiger charge is -2.39. The number of ether oxygens (including phenoxy) is 1. The molecule has 0 spiro atoms. The van der Waals surface area contributed by atoms with E-state index in [9.17, 15) is 4.39 Å². The number of guanidine groups is 1. The van der Waals surface area contributed by atoms with E-state index in [2.05, 4.69) is 47.8 Å². The molecule has 2 aliphatic rings. The van der Waals surface area contributed by atoms with Crippen molar-refractivity contribution in [3.63, 3.8) is 0 Å². The molecular formula is C23H39FIN5O. The highest BCUT2D eigenvalue weighted by Gasteiger charge is 2.28. The number of hydrogen-bond donors (Lipinski definition) is 1. The van der Waals surface area contributed by atoms with Gasteiger partial charge in [0.2, 0.25) is 0 Å². The normalized spacial score (nSPS) is 24.5. The van der Waals surface area contributed by atoms with Crippen LogP contribution in [0, 0.1) is 11.7 Å². The van der Waals surface area contributed by atoms with E-state index in [1.165, 1.54) is 12.1 Å². The number of benzene rings is 1. The summed E-state index contributed by atoms with van der Waals surface area (Å²) in [7, 11) is 2.19. The number of aliphatic imine (C=N–C) groups is 1. The summed E-state index contributed by atoms with van der Waals surface area (Å²) in [6.07, 6.45) is 0.00129. The van der Waals surface area contributed by atoms with Crippen LogP contribution in [0.2, 0.25) is 0 Å². The van der Waals surface area contributed by atoms with Gasteiger partial charge in [-0.15, -0.1) is 24.0 Å². The molecule has 2 aliphatic heterocycles. The van der Waals surface area contributed by atoms with Gasteiger partial charge in [0.25, 0.3) is 0 Å². The number of halogens is 2. The molecule has 0 aliphatic carbocycles. The van der Waals surface area contributed by atoms with Crippen molar-refractivity contribution in [2.45, 2.75) is 33.0 Å². The van der Waals surface area contributed by atoms with Gasteiger partial charge >= 0.3 is 0 Å². The Bertz CT molecular complexity index is 681. The molecule has 2 fully saturated rings. The predicted octanol–water partition coefficient (Wildman–Crippen LogP) is 3.05. The first kappa shape index (κ1) is 26.3. The lowest BCUT2D eigenvalue weighted by Crippen LogP contribution is -2.51. The third-order valence-corrected chi connectivity index (χ3v) is 5.85. The molecule has 1 aromatic rings. The van der Waals surface area contributed by atoms with Gasteiger partial charge in [-0.05, 0) is 44.5 Å². The molecule has 3 unspecified atom stereocenters. The van der Waals surface area contributed by atoms with E-state index in [0.717, 1.165) is 63.9 Å². The molecule has 0 amide bonds. The molecule has 2 saturated heterocycles. The molecule has 31 heavy (non-hydrogen) atoms. The molecule has 176 valence electrons. The molecule has 8 heteroatoms. The Balaban J connectivity index is 0.00000341. The summed E-state index contributed by atoms with van der Waals surface area (Å²) in [5.41, 5.74) is 1.01. The topological polar surface area (TPSA) is 43.3 Å². The lowest BCUT2D eigenvalue weighted by molar-refractivity contribution is -0.0605. The Morgan fingerprint density at radius 1 is 1.19 bits per heavy atom. The summed E-state index contributed by atoms with van der Waals surface area (Å²) in [5, 5.41) is 3.46.